The van der Waals surface area contributed by atoms with Crippen molar-refractivity contribution in [1.29, 1.82) is 0 Å². The molecular formula is C12H20N4O. The smallest absolute Gasteiger partial charge is 0.271 e. The number of hydrogen-bond donors (Lipinski definition) is 3. The van der Waals surface area contributed by atoms with Crippen LogP contribution in [-0.4, -0.2) is 22.6 Å². The molecule has 1 saturated carbocycles. The number of nitrogen functional groups attached to an aromatic ring is 1. The molecule has 0 aromatic carbocycles. The Hall–Kier alpha value is -1.52. The number of rotatable bonds is 3. The molecule has 5 heteroatoms. The first-order valence-electron chi connectivity index (χ1n) is 6.24. The van der Waals surface area contributed by atoms with Crippen molar-refractivity contribution in [2.45, 2.75) is 32.6 Å². The molecule has 4 N–H and O–H groups in total. The van der Waals surface area contributed by atoms with Crippen LogP contribution >= 0.6 is 0 Å². The summed E-state index contributed by atoms with van der Waals surface area (Å²) < 4.78 is 0. The van der Waals surface area contributed by atoms with Gasteiger partial charge in [-0.1, -0.05) is 19.8 Å². The van der Waals surface area contributed by atoms with Crippen molar-refractivity contribution in [3.63, 3.8) is 0 Å². The van der Waals surface area contributed by atoms with E-state index < -0.39 is 0 Å². The fraction of sp³-hybridized carbons (Fsp3) is 0.667. The molecule has 1 aromatic rings. The highest BCUT2D eigenvalue weighted by molar-refractivity contribution is 5.96. The Morgan fingerprint density at radius 2 is 2.24 bits per heavy atom. The summed E-state index contributed by atoms with van der Waals surface area (Å²) in [4.78, 5) is 11.8. The predicted octanol–water partition coefficient (Wildman–Crippen LogP) is 1.55. The zero-order valence-electron chi connectivity index (χ0n) is 10.2. The summed E-state index contributed by atoms with van der Waals surface area (Å²) in [5.74, 6) is 1.29. The van der Waals surface area contributed by atoms with E-state index in [9.17, 15) is 4.79 Å². The Kier molecular flexibility index (Phi) is 3.66. The maximum Gasteiger partial charge on any atom is 0.271 e. The number of nitrogens with one attached hydrogen (secondary N) is 2. The molecule has 0 spiro atoms. The lowest BCUT2D eigenvalue weighted by Crippen LogP contribution is -2.31. The number of anilines is 1. The van der Waals surface area contributed by atoms with Crippen molar-refractivity contribution >= 4 is 11.6 Å². The van der Waals surface area contributed by atoms with Gasteiger partial charge in [-0.15, -0.1) is 0 Å². The van der Waals surface area contributed by atoms with Crippen molar-refractivity contribution in [3.8, 4) is 0 Å². The van der Waals surface area contributed by atoms with Gasteiger partial charge in [-0.3, -0.25) is 9.89 Å². The maximum absolute atomic E-state index is 11.8. The molecule has 1 heterocycles. The summed E-state index contributed by atoms with van der Waals surface area (Å²) in [6.45, 7) is 3.03. The third-order valence-corrected chi connectivity index (χ3v) is 3.58. The van der Waals surface area contributed by atoms with Gasteiger partial charge in [0.25, 0.3) is 5.91 Å². The van der Waals surface area contributed by atoms with Crippen LogP contribution in [0.15, 0.2) is 6.20 Å². The van der Waals surface area contributed by atoms with E-state index in [0.29, 0.717) is 17.3 Å². The fourth-order valence-corrected chi connectivity index (χ4v) is 2.34. The summed E-state index contributed by atoms with van der Waals surface area (Å²) in [5, 5.41) is 9.27. The Morgan fingerprint density at radius 3 is 2.82 bits per heavy atom. The molecular weight excluding hydrogens is 216 g/mol. The van der Waals surface area contributed by atoms with Gasteiger partial charge in [0.1, 0.15) is 5.69 Å². The van der Waals surface area contributed by atoms with E-state index in [4.69, 9.17) is 5.73 Å². The Morgan fingerprint density at radius 1 is 1.53 bits per heavy atom. The van der Waals surface area contributed by atoms with Crippen molar-refractivity contribution < 1.29 is 4.79 Å². The summed E-state index contributed by atoms with van der Waals surface area (Å²) >= 11 is 0. The van der Waals surface area contributed by atoms with Gasteiger partial charge in [-0.25, -0.2) is 0 Å². The molecule has 0 atom stereocenters. The second-order valence-corrected chi connectivity index (χ2v) is 5.04. The van der Waals surface area contributed by atoms with E-state index in [1.807, 2.05) is 0 Å². The van der Waals surface area contributed by atoms with Gasteiger partial charge in [0.2, 0.25) is 0 Å². The highest BCUT2D eigenvalue weighted by Crippen LogP contribution is 2.27. The largest absolute Gasteiger partial charge is 0.396 e. The number of carbonyl (C=O) groups is 1. The zero-order chi connectivity index (χ0) is 12.3. The number of nitrogens with zero attached hydrogens (tertiary/aromatic N) is 1. The highest BCUT2D eigenvalue weighted by atomic mass is 16.1. The molecule has 17 heavy (non-hydrogen) atoms. The third kappa shape index (κ3) is 2.99. The molecule has 1 fully saturated rings. The number of amides is 1. The van der Waals surface area contributed by atoms with E-state index in [0.717, 1.165) is 12.5 Å². The van der Waals surface area contributed by atoms with E-state index in [-0.39, 0.29) is 5.91 Å². The van der Waals surface area contributed by atoms with Gasteiger partial charge in [-0.2, -0.15) is 5.10 Å². The van der Waals surface area contributed by atoms with Gasteiger partial charge in [-0.05, 0) is 24.7 Å². The number of nitrogens with two attached hydrogens (primary N) is 1. The summed E-state index contributed by atoms with van der Waals surface area (Å²) in [7, 11) is 0. The Balaban J connectivity index is 1.79. The van der Waals surface area contributed by atoms with E-state index >= 15 is 0 Å². The summed E-state index contributed by atoms with van der Waals surface area (Å²) in [6.07, 6.45) is 6.41. The maximum atomic E-state index is 11.8. The molecule has 0 unspecified atom stereocenters. The third-order valence-electron chi connectivity index (χ3n) is 3.58. The number of aromatic nitrogens is 2. The lowest BCUT2D eigenvalue weighted by Gasteiger charge is -2.26. The normalized spacial score (nSPS) is 24.5. The van der Waals surface area contributed by atoms with Gasteiger partial charge in [0.05, 0.1) is 11.9 Å². The van der Waals surface area contributed by atoms with Crippen molar-refractivity contribution in [1.82, 2.24) is 15.5 Å². The van der Waals surface area contributed by atoms with Crippen molar-refractivity contribution in [2.75, 3.05) is 12.3 Å². The minimum atomic E-state index is -0.154. The van der Waals surface area contributed by atoms with E-state index in [2.05, 4.69) is 22.4 Å². The predicted molar refractivity (Wildman–Crippen MR) is 66.5 cm³/mol. The Labute approximate surface area is 101 Å². The van der Waals surface area contributed by atoms with Crippen LogP contribution in [0.2, 0.25) is 0 Å². The Bertz CT molecular complexity index is 380. The molecule has 5 nitrogen and oxygen atoms in total. The van der Waals surface area contributed by atoms with E-state index in [1.54, 1.807) is 0 Å². The molecule has 1 aliphatic carbocycles. The van der Waals surface area contributed by atoms with Crippen molar-refractivity contribution in [3.05, 3.63) is 11.9 Å². The van der Waals surface area contributed by atoms with Crippen LogP contribution in [0.3, 0.4) is 0 Å². The van der Waals surface area contributed by atoms with Gasteiger partial charge in [0.15, 0.2) is 0 Å². The molecule has 94 valence electrons. The quantitative estimate of drug-likeness (QED) is 0.744. The van der Waals surface area contributed by atoms with Crippen LogP contribution in [0.4, 0.5) is 5.69 Å². The second-order valence-electron chi connectivity index (χ2n) is 5.04. The lowest BCUT2D eigenvalue weighted by molar-refractivity contribution is 0.0937. The average molecular weight is 236 g/mol. The first-order valence-corrected chi connectivity index (χ1v) is 6.24. The van der Waals surface area contributed by atoms with Crippen molar-refractivity contribution in [2.24, 2.45) is 11.8 Å². The minimum absolute atomic E-state index is 0.154. The number of aromatic amines is 1. The summed E-state index contributed by atoms with van der Waals surface area (Å²) in [5.41, 5.74) is 6.39. The molecule has 0 saturated heterocycles. The molecule has 2 rings (SSSR count). The van der Waals surface area contributed by atoms with Crippen LogP contribution in [-0.2, 0) is 0 Å². The highest BCUT2D eigenvalue weighted by Gasteiger charge is 2.19. The molecule has 0 bridgehead atoms. The van der Waals surface area contributed by atoms with Crippen LogP contribution in [0, 0.1) is 11.8 Å². The lowest BCUT2D eigenvalue weighted by atomic mass is 9.83. The molecule has 1 aliphatic rings. The minimum Gasteiger partial charge on any atom is -0.396 e. The molecule has 0 aliphatic heterocycles. The van der Waals surface area contributed by atoms with Gasteiger partial charge >= 0.3 is 0 Å². The number of hydrogen-bond acceptors (Lipinski definition) is 3. The standard InChI is InChI=1S/C12H20N4O/c1-8-2-4-9(5-3-8)6-14-12(17)11-10(13)7-15-16-11/h7-9H,2-6,13H2,1H3,(H,14,17)(H,15,16). The SMILES string of the molecule is CC1CCC(CNC(=O)c2[nH]ncc2N)CC1. The number of H-pyrrole nitrogens is 1. The van der Waals surface area contributed by atoms with Gasteiger partial charge in [0, 0.05) is 6.54 Å². The van der Waals surface area contributed by atoms with Crippen LogP contribution in [0.5, 0.6) is 0 Å². The fourth-order valence-electron chi connectivity index (χ4n) is 2.34. The topological polar surface area (TPSA) is 83.8 Å². The van der Waals surface area contributed by atoms with Crippen LogP contribution in [0.25, 0.3) is 0 Å². The second kappa shape index (κ2) is 5.21. The first kappa shape index (κ1) is 12.0. The molecule has 0 radical (unpaired) electrons. The first-order chi connectivity index (χ1) is 8.16. The molecule has 1 aromatic heterocycles. The zero-order valence-corrected chi connectivity index (χ0v) is 10.2. The van der Waals surface area contributed by atoms with Crippen LogP contribution in [0.1, 0.15) is 43.1 Å². The van der Waals surface area contributed by atoms with Gasteiger partial charge < -0.3 is 11.1 Å². The average Bonchev–Trinajstić information content (AvgIpc) is 2.74. The number of carbonyl (C=O) groups excluding carboxylic acids is 1. The molecule has 1 amide bonds. The summed E-state index contributed by atoms with van der Waals surface area (Å²) in [6, 6.07) is 0. The van der Waals surface area contributed by atoms with Crippen LogP contribution < -0.4 is 11.1 Å². The van der Waals surface area contributed by atoms with E-state index in [1.165, 1.54) is 31.9 Å². The monoisotopic (exact) mass is 236 g/mol.